The minimum absolute atomic E-state index is 0.0281. The summed E-state index contributed by atoms with van der Waals surface area (Å²) in [5.41, 5.74) is 1.55. The molecule has 0 spiro atoms. The van der Waals surface area contributed by atoms with Crippen molar-refractivity contribution in [2.45, 2.75) is 13.0 Å². The predicted molar refractivity (Wildman–Crippen MR) is 124 cm³/mol. The summed E-state index contributed by atoms with van der Waals surface area (Å²) < 4.78 is 5.60. The number of Topliss-reactive ketones (excluding diaryl/α,β-unsaturated/α-hetero) is 1. The van der Waals surface area contributed by atoms with Crippen LogP contribution in [0.25, 0.3) is 16.5 Å². The van der Waals surface area contributed by atoms with Gasteiger partial charge in [-0.15, -0.1) is 0 Å². The summed E-state index contributed by atoms with van der Waals surface area (Å²) in [5, 5.41) is 13.6. The Morgan fingerprint density at radius 1 is 0.969 bits per heavy atom. The van der Waals surface area contributed by atoms with E-state index < -0.39 is 17.7 Å². The van der Waals surface area contributed by atoms with Crippen molar-refractivity contribution in [3.8, 4) is 0 Å². The van der Waals surface area contributed by atoms with Gasteiger partial charge in [-0.05, 0) is 53.6 Å². The fourth-order valence-electron chi connectivity index (χ4n) is 4.15. The lowest BCUT2D eigenvalue weighted by molar-refractivity contribution is -0.132. The molecule has 1 aliphatic heterocycles. The van der Waals surface area contributed by atoms with Crippen LogP contribution in [0.3, 0.4) is 0 Å². The third kappa shape index (κ3) is 3.10. The van der Waals surface area contributed by atoms with Gasteiger partial charge in [-0.3, -0.25) is 14.5 Å². The fraction of sp³-hybridized carbons (Fsp3) is 0.0769. The molecule has 0 aliphatic carbocycles. The molecular formula is C26H18ClNO4. The van der Waals surface area contributed by atoms with Crippen LogP contribution in [-0.4, -0.2) is 16.8 Å². The lowest BCUT2D eigenvalue weighted by Gasteiger charge is -2.25. The van der Waals surface area contributed by atoms with Gasteiger partial charge in [0.1, 0.15) is 17.6 Å². The first-order chi connectivity index (χ1) is 15.5. The van der Waals surface area contributed by atoms with Crippen LogP contribution < -0.4 is 4.90 Å². The molecule has 1 aliphatic rings. The first-order valence-electron chi connectivity index (χ1n) is 10.1. The summed E-state index contributed by atoms with van der Waals surface area (Å²) in [6, 6.07) is 20.7. The normalized spacial score (nSPS) is 17.9. The first kappa shape index (κ1) is 20.1. The number of furan rings is 1. The molecule has 1 atom stereocenters. The molecule has 0 bridgehead atoms. The van der Waals surface area contributed by atoms with Gasteiger partial charge in [-0.2, -0.15) is 0 Å². The zero-order valence-electron chi connectivity index (χ0n) is 17.1. The molecular weight excluding hydrogens is 426 g/mol. The van der Waals surface area contributed by atoms with Crippen molar-refractivity contribution in [1.82, 2.24) is 0 Å². The van der Waals surface area contributed by atoms with Gasteiger partial charge in [0.2, 0.25) is 0 Å². The number of amides is 1. The highest BCUT2D eigenvalue weighted by Crippen LogP contribution is 2.44. The second-order valence-electron chi connectivity index (χ2n) is 7.63. The average Bonchev–Trinajstić information content (AvgIpc) is 3.42. The number of aliphatic hydroxyl groups excluding tert-OH is 1. The Morgan fingerprint density at radius 3 is 2.50 bits per heavy atom. The van der Waals surface area contributed by atoms with Gasteiger partial charge in [0.25, 0.3) is 11.7 Å². The molecule has 2 heterocycles. The molecule has 158 valence electrons. The number of halogens is 1. The first-order valence-corrected chi connectivity index (χ1v) is 10.4. The van der Waals surface area contributed by atoms with Crippen LogP contribution in [0.4, 0.5) is 5.69 Å². The Kier molecular flexibility index (Phi) is 4.83. The van der Waals surface area contributed by atoms with E-state index in [1.807, 2.05) is 30.3 Å². The quantitative estimate of drug-likeness (QED) is 0.239. The molecule has 32 heavy (non-hydrogen) atoms. The highest BCUT2D eigenvalue weighted by molar-refractivity contribution is 6.52. The van der Waals surface area contributed by atoms with E-state index in [4.69, 9.17) is 16.0 Å². The Hall–Kier alpha value is -3.83. The third-order valence-corrected chi connectivity index (χ3v) is 6.19. The van der Waals surface area contributed by atoms with E-state index >= 15 is 0 Å². The lowest BCUT2D eigenvalue weighted by Crippen LogP contribution is -2.30. The van der Waals surface area contributed by atoms with E-state index in [1.54, 1.807) is 49.4 Å². The zero-order valence-corrected chi connectivity index (χ0v) is 17.8. The summed E-state index contributed by atoms with van der Waals surface area (Å²) in [6.07, 6.45) is 1.47. The molecule has 4 aromatic rings. The van der Waals surface area contributed by atoms with Gasteiger partial charge in [0.05, 0.1) is 11.8 Å². The third-order valence-electron chi connectivity index (χ3n) is 5.78. The van der Waals surface area contributed by atoms with Crippen LogP contribution in [0, 0.1) is 6.92 Å². The Labute approximate surface area is 189 Å². The van der Waals surface area contributed by atoms with E-state index in [0.717, 1.165) is 10.8 Å². The van der Waals surface area contributed by atoms with Crippen molar-refractivity contribution < 1.29 is 19.1 Å². The largest absolute Gasteiger partial charge is 0.507 e. The summed E-state index contributed by atoms with van der Waals surface area (Å²) in [7, 11) is 0. The molecule has 5 rings (SSSR count). The summed E-state index contributed by atoms with van der Waals surface area (Å²) in [6.45, 7) is 1.78. The summed E-state index contributed by atoms with van der Waals surface area (Å²) in [4.78, 5) is 27.7. The van der Waals surface area contributed by atoms with Crippen LogP contribution in [0.1, 0.15) is 22.9 Å². The second kappa shape index (κ2) is 7.70. The van der Waals surface area contributed by atoms with Crippen molar-refractivity contribution in [3.63, 3.8) is 0 Å². The minimum atomic E-state index is -0.923. The predicted octanol–water partition coefficient (Wildman–Crippen LogP) is 6.02. The summed E-state index contributed by atoms with van der Waals surface area (Å²) >= 11 is 6.29. The number of hydrogen-bond donors (Lipinski definition) is 1. The van der Waals surface area contributed by atoms with Crippen molar-refractivity contribution in [2.24, 2.45) is 0 Å². The van der Waals surface area contributed by atoms with Gasteiger partial charge in [0, 0.05) is 16.3 Å². The molecule has 1 saturated heterocycles. The standard InChI is InChI=1S/C26H18ClNO4/c1-15-19(27)8-4-9-20(15)28-23(21-10-5-13-32-21)22(25(30)26(28)31)24(29)18-12-11-16-6-2-3-7-17(16)14-18/h2-14,23,29H,1H3/b24-22-. The van der Waals surface area contributed by atoms with Gasteiger partial charge >= 0.3 is 0 Å². The number of hydrogen-bond acceptors (Lipinski definition) is 4. The van der Waals surface area contributed by atoms with Gasteiger partial charge < -0.3 is 9.52 Å². The molecule has 3 aromatic carbocycles. The number of nitrogens with zero attached hydrogens (tertiary/aromatic N) is 1. The number of anilines is 1. The SMILES string of the molecule is Cc1c(Cl)cccc1N1C(=O)C(=O)/C(=C(\O)c2ccc3ccccc3c2)C1c1ccco1. The maximum atomic E-state index is 13.2. The van der Waals surface area contributed by atoms with Gasteiger partial charge in [-0.25, -0.2) is 0 Å². The fourth-order valence-corrected chi connectivity index (χ4v) is 4.32. The highest BCUT2D eigenvalue weighted by Gasteiger charge is 2.48. The Morgan fingerprint density at radius 2 is 1.75 bits per heavy atom. The van der Waals surface area contributed by atoms with Crippen LogP contribution in [0.2, 0.25) is 5.02 Å². The zero-order chi connectivity index (χ0) is 22.4. The second-order valence-corrected chi connectivity index (χ2v) is 8.04. The Bertz CT molecular complexity index is 1400. The van der Waals surface area contributed by atoms with E-state index in [9.17, 15) is 14.7 Å². The number of carbonyl (C=O) groups excluding carboxylic acids is 2. The monoisotopic (exact) mass is 443 g/mol. The van der Waals surface area contributed by atoms with Crippen LogP contribution in [0.15, 0.2) is 89.0 Å². The van der Waals surface area contributed by atoms with Crippen LogP contribution in [0.5, 0.6) is 0 Å². The van der Waals surface area contributed by atoms with Crippen LogP contribution in [-0.2, 0) is 9.59 Å². The number of fused-ring (bicyclic) bond motifs is 1. The number of aliphatic hydroxyl groups is 1. The van der Waals surface area contributed by atoms with Crippen molar-refractivity contribution in [3.05, 3.63) is 107 Å². The molecule has 0 radical (unpaired) electrons. The van der Waals surface area contributed by atoms with Crippen LogP contribution >= 0.6 is 11.6 Å². The summed E-state index contributed by atoms with van der Waals surface area (Å²) in [5.74, 6) is -1.42. The minimum Gasteiger partial charge on any atom is -0.507 e. The topological polar surface area (TPSA) is 70.8 Å². The van der Waals surface area contributed by atoms with Gasteiger partial charge in [0.15, 0.2) is 0 Å². The number of benzene rings is 3. The smallest absolute Gasteiger partial charge is 0.300 e. The molecule has 0 saturated carbocycles. The number of carbonyl (C=O) groups is 2. The number of ketones is 1. The van der Waals surface area contributed by atoms with Gasteiger partial charge in [-0.1, -0.05) is 54.1 Å². The molecule has 5 nitrogen and oxygen atoms in total. The Balaban J connectivity index is 1.74. The van der Waals surface area contributed by atoms with Crippen molar-refractivity contribution >= 4 is 45.5 Å². The average molecular weight is 444 g/mol. The highest BCUT2D eigenvalue weighted by atomic mass is 35.5. The molecule has 1 amide bonds. The van der Waals surface area contributed by atoms with E-state index in [0.29, 0.717) is 27.6 Å². The molecule has 1 aromatic heterocycles. The van der Waals surface area contributed by atoms with Crippen molar-refractivity contribution in [1.29, 1.82) is 0 Å². The lowest BCUT2D eigenvalue weighted by atomic mass is 9.97. The molecule has 6 heteroatoms. The maximum absolute atomic E-state index is 13.2. The molecule has 1 fully saturated rings. The van der Waals surface area contributed by atoms with E-state index in [2.05, 4.69) is 0 Å². The molecule has 1 unspecified atom stereocenters. The molecule has 1 N–H and O–H groups in total. The maximum Gasteiger partial charge on any atom is 0.300 e. The number of rotatable bonds is 3. The van der Waals surface area contributed by atoms with E-state index in [1.165, 1.54) is 11.2 Å². The van der Waals surface area contributed by atoms with Crippen molar-refractivity contribution in [2.75, 3.05) is 4.90 Å². The van der Waals surface area contributed by atoms with E-state index in [-0.39, 0.29) is 11.3 Å².